The van der Waals surface area contributed by atoms with Gasteiger partial charge < -0.3 is 15.6 Å². The second-order valence-corrected chi connectivity index (χ2v) is 5.89. The Labute approximate surface area is 150 Å². The number of aliphatic hydroxyl groups is 1. The number of aryl methyl sites for hydroxylation is 1. The summed E-state index contributed by atoms with van der Waals surface area (Å²) in [5.41, 5.74) is 7.41. The molecular weight excluding hydrogens is 334 g/mol. The van der Waals surface area contributed by atoms with Crippen molar-refractivity contribution in [1.29, 1.82) is 0 Å². The van der Waals surface area contributed by atoms with Crippen LogP contribution in [0.1, 0.15) is 15.9 Å². The zero-order valence-corrected chi connectivity index (χ0v) is 14.2. The summed E-state index contributed by atoms with van der Waals surface area (Å²) in [4.78, 5) is 12.4. The van der Waals surface area contributed by atoms with E-state index in [1.54, 1.807) is 24.3 Å². The zero-order chi connectivity index (χ0) is 18.5. The van der Waals surface area contributed by atoms with E-state index in [0.29, 0.717) is 22.7 Å². The molecule has 0 radical (unpaired) electrons. The van der Waals surface area contributed by atoms with E-state index in [0.717, 1.165) is 5.56 Å². The molecule has 1 unspecified atom stereocenters. The van der Waals surface area contributed by atoms with Gasteiger partial charge in [-0.15, -0.1) is 10.2 Å². The highest BCUT2D eigenvalue weighted by Crippen LogP contribution is 2.15. The third kappa shape index (κ3) is 4.42. The Morgan fingerprint density at radius 1 is 1.27 bits per heavy atom. The van der Waals surface area contributed by atoms with Crippen molar-refractivity contribution in [2.45, 2.75) is 19.6 Å². The van der Waals surface area contributed by atoms with Gasteiger partial charge in [0, 0.05) is 11.1 Å². The predicted octanol–water partition coefficient (Wildman–Crippen LogP) is 1.19. The zero-order valence-electron chi connectivity index (χ0n) is 14.2. The van der Waals surface area contributed by atoms with E-state index in [4.69, 9.17) is 10.5 Å². The number of hydrogen-bond acceptors (Lipinski definition) is 6. The molecule has 1 atom stereocenters. The van der Waals surface area contributed by atoms with Crippen LogP contribution < -0.4 is 10.5 Å². The van der Waals surface area contributed by atoms with E-state index in [2.05, 4.69) is 15.4 Å². The summed E-state index contributed by atoms with van der Waals surface area (Å²) in [6, 6.07) is 14.2. The molecule has 1 aromatic heterocycles. The lowest BCUT2D eigenvalue weighted by molar-refractivity contribution is 0.0849. The van der Waals surface area contributed by atoms with Crippen LogP contribution in [0.4, 0.5) is 0 Å². The number of nitrogens with zero attached hydrogens (tertiary/aromatic N) is 4. The molecule has 3 N–H and O–H groups in total. The number of hydrogen-bond donors (Lipinski definition) is 2. The number of nitrogens with two attached hydrogens (primary N) is 1. The molecule has 0 aliphatic carbocycles. The quantitative estimate of drug-likeness (QED) is 0.659. The van der Waals surface area contributed by atoms with Crippen molar-refractivity contribution in [3.05, 3.63) is 59.7 Å². The molecule has 26 heavy (non-hydrogen) atoms. The van der Waals surface area contributed by atoms with Gasteiger partial charge in [-0.2, -0.15) is 4.80 Å². The van der Waals surface area contributed by atoms with Crippen LogP contribution in [0.3, 0.4) is 0 Å². The van der Waals surface area contributed by atoms with Gasteiger partial charge in [0.1, 0.15) is 18.5 Å². The number of primary amides is 1. The van der Waals surface area contributed by atoms with Gasteiger partial charge >= 0.3 is 0 Å². The molecule has 3 aromatic rings. The Hall–Kier alpha value is -3.26. The average molecular weight is 353 g/mol. The molecule has 0 aliphatic rings. The molecule has 8 nitrogen and oxygen atoms in total. The third-order valence-corrected chi connectivity index (χ3v) is 3.69. The molecule has 0 aliphatic heterocycles. The van der Waals surface area contributed by atoms with E-state index >= 15 is 0 Å². The molecule has 0 fully saturated rings. The summed E-state index contributed by atoms with van der Waals surface area (Å²) in [6.45, 7) is 2.24. The molecule has 8 heteroatoms. The normalized spacial score (nSPS) is 11.9. The molecule has 3 rings (SSSR count). The number of amides is 1. The van der Waals surface area contributed by atoms with Crippen molar-refractivity contribution in [2.75, 3.05) is 6.61 Å². The minimum absolute atomic E-state index is 0.119. The van der Waals surface area contributed by atoms with Crippen LogP contribution in [0.2, 0.25) is 0 Å². The number of carbonyl (C=O) groups is 1. The van der Waals surface area contributed by atoms with Crippen LogP contribution in [0.5, 0.6) is 5.75 Å². The third-order valence-electron chi connectivity index (χ3n) is 3.69. The summed E-state index contributed by atoms with van der Waals surface area (Å²) in [5.74, 6) is 0.601. The van der Waals surface area contributed by atoms with Gasteiger partial charge in [0.05, 0.1) is 6.54 Å². The van der Waals surface area contributed by atoms with Crippen LogP contribution in [0.15, 0.2) is 48.5 Å². The number of ether oxygens (including phenoxy) is 1. The Balaban J connectivity index is 1.58. The summed E-state index contributed by atoms with van der Waals surface area (Å²) in [6.07, 6.45) is -0.783. The number of carbonyl (C=O) groups excluding carboxylic acids is 1. The van der Waals surface area contributed by atoms with E-state index in [1.807, 2.05) is 31.2 Å². The fourth-order valence-corrected chi connectivity index (χ4v) is 2.36. The van der Waals surface area contributed by atoms with E-state index in [-0.39, 0.29) is 13.2 Å². The second kappa shape index (κ2) is 7.75. The fraction of sp³-hybridized carbons (Fsp3) is 0.222. The van der Waals surface area contributed by atoms with Gasteiger partial charge in [0.15, 0.2) is 0 Å². The van der Waals surface area contributed by atoms with Crippen LogP contribution in [-0.4, -0.2) is 43.9 Å². The van der Waals surface area contributed by atoms with Gasteiger partial charge in [-0.05, 0) is 42.0 Å². The lowest BCUT2D eigenvalue weighted by Crippen LogP contribution is -2.25. The molecule has 0 spiro atoms. The Kier molecular flexibility index (Phi) is 5.23. The smallest absolute Gasteiger partial charge is 0.248 e. The highest BCUT2D eigenvalue weighted by molar-refractivity contribution is 5.93. The first-order valence-corrected chi connectivity index (χ1v) is 8.07. The van der Waals surface area contributed by atoms with Gasteiger partial charge in [0.25, 0.3) is 0 Å². The summed E-state index contributed by atoms with van der Waals surface area (Å²) < 4.78 is 5.56. The first-order valence-electron chi connectivity index (χ1n) is 8.07. The first kappa shape index (κ1) is 17.6. The molecule has 2 aromatic carbocycles. The largest absolute Gasteiger partial charge is 0.491 e. The topological polar surface area (TPSA) is 116 Å². The maximum Gasteiger partial charge on any atom is 0.248 e. The lowest BCUT2D eigenvalue weighted by atomic mass is 10.1. The minimum atomic E-state index is -0.783. The Morgan fingerprint density at radius 2 is 2.04 bits per heavy atom. The molecule has 1 amide bonds. The van der Waals surface area contributed by atoms with Crippen LogP contribution in [-0.2, 0) is 6.54 Å². The van der Waals surface area contributed by atoms with Gasteiger partial charge in [0.2, 0.25) is 11.7 Å². The van der Waals surface area contributed by atoms with Crippen molar-refractivity contribution >= 4 is 5.91 Å². The van der Waals surface area contributed by atoms with Gasteiger partial charge in [-0.25, -0.2) is 0 Å². The van der Waals surface area contributed by atoms with Crippen molar-refractivity contribution < 1.29 is 14.6 Å². The van der Waals surface area contributed by atoms with E-state index in [1.165, 1.54) is 4.80 Å². The number of aliphatic hydroxyl groups excluding tert-OH is 1. The standard InChI is InChI=1S/C18H19N5O3/c1-12-3-2-4-16(9-12)26-11-15(24)10-23-21-18(20-22-23)14-7-5-13(6-8-14)17(19)25/h2-9,15,24H,10-11H2,1H3,(H2,19,25). The molecule has 0 saturated heterocycles. The average Bonchev–Trinajstić information content (AvgIpc) is 3.08. The number of tetrazole rings is 1. The first-order chi connectivity index (χ1) is 12.5. The maximum absolute atomic E-state index is 11.1. The minimum Gasteiger partial charge on any atom is -0.491 e. The number of benzene rings is 2. The second-order valence-electron chi connectivity index (χ2n) is 5.89. The number of aromatic nitrogens is 4. The summed E-state index contributed by atoms with van der Waals surface area (Å²) >= 11 is 0. The van der Waals surface area contributed by atoms with Gasteiger partial charge in [-0.3, -0.25) is 4.79 Å². The summed E-state index contributed by atoms with van der Waals surface area (Å²) in [7, 11) is 0. The number of rotatable bonds is 7. The summed E-state index contributed by atoms with van der Waals surface area (Å²) in [5, 5.41) is 22.2. The van der Waals surface area contributed by atoms with E-state index < -0.39 is 12.0 Å². The lowest BCUT2D eigenvalue weighted by Gasteiger charge is -2.11. The van der Waals surface area contributed by atoms with Gasteiger partial charge in [-0.1, -0.05) is 24.3 Å². The Morgan fingerprint density at radius 3 is 2.73 bits per heavy atom. The monoisotopic (exact) mass is 353 g/mol. The maximum atomic E-state index is 11.1. The van der Waals surface area contributed by atoms with Crippen molar-refractivity contribution in [1.82, 2.24) is 20.2 Å². The highest BCUT2D eigenvalue weighted by atomic mass is 16.5. The fourth-order valence-electron chi connectivity index (χ4n) is 2.36. The van der Waals surface area contributed by atoms with Crippen LogP contribution in [0.25, 0.3) is 11.4 Å². The highest BCUT2D eigenvalue weighted by Gasteiger charge is 2.12. The molecule has 0 bridgehead atoms. The SMILES string of the molecule is Cc1cccc(OCC(O)Cn2nnc(-c3ccc(C(N)=O)cc3)n2)c1. The molecule has 134 valence electrons. The molecule has 0 saturated carbocycles. The van der Waals surface area contributed by atoms with E-state index in [9.17, 15) is 9.90 Å². The molecule has 1 heterocycles. The Bertz CT molecular complexity index is 892. The van der Waals surface area contributed by atoms with Crippen molar-refractivity contribution in [3.63, 3.8) is 0 Å². The molecular formula is C18H19N5O3. The van der Waals surface area contributed by atoms with Crippen LogP contribution in [0, 0.1) is 6.92 Å². The predicted molar refractivity (Wildman–Crippen MR) is 94.5 cm³/mol. The van der Waals surface area contributed by atoms with Crippen LogP contribution >= 0.6 is 0 Å². The van der Waals surface area contributed by atoms with Crippen molar-refractivity contribution in [2.24, 2.45) is 5.73 Å². The van der Waals surface area contributed by atoms with Crippen molar-refractivity contribution in [3.8, 4) is 17.1 Å².